The van der Waals surface area contributed by atoms with Crippen LogP contribution in [0.1, 0.15) is 30.3 Å². The van der Waals surface area contributed by atoms with Gasteiger partial charge in [0.2, 0.25) is 0 Å². The molecule has 1 aromatic heterocycles. The summed E-state index contributed by atoms with van der Waals surface area (Å²) >= 11 is 0. The maximum absolute atomic E-state index is 11.9. The molecule has 20 heavy (non-hydrogen) atoms. The predicted octanol–water partition coefficient (Wildman–Crippen LogP) is 1.36. The van der Waals surface area contributed by atoms with Crippen LogP contribution in [0.4, 0.5) is 5.69 Å². The number of carbonyl (C=O) groups excluding carboxylic acids is 1. The molecule has 5 nitrogen and oxygen atoms in total. The second kappa shape index (κ2) is 7.24. The molecule has 5 heteroatoms. The zero-order valence-electron chi connectivity index (χ0n) is 12.4. The van der Waals surface area contributed by atoms with Crippen molar-refractivity contribution >= 4 is 11.6 Å². The lowest BCUT2D eigenvalue weighted by Gasteiger charge is -2.33. The molecule has 1 amide bonds. The smallest absolute Gasteiger partial charge is 0.269 e. The molecular formula is C15H24N4O. The van der Waals surface area contributed by atoms with Crippen molar-refractivity contribution in [3.63, 3.8) is 0 Å². The van der Waals surface area contributed by atoms with Gasteiger partial charge in [-0.25, -0.2) is 4.98 Å². The molecule has 1 N–H and O–H groups in total. The number of nitrogens with one attached hydrogen (secondary N) is 1. The highest BCUT2D eigenvalue weighted by Crippen LogP contribution is 2.15. The highest BCUT2D eigenvalue weighted by molar-refractivity contribution is 5.92. The van der Waals surface area contributed by atoms with Crippen LogP contribution in [0.25, 0.3) is 0 Å². The first-order valence-corrected chi connectivity index (χ1v) is 7.38. The fraction of sp³-hybridized carbons (Fsp3) is 0.600. The van der Waals surface area contributed by atoms with Gasteiger partial charge < -0.3 is 15.1 Å². The number of pyridine rings is 1. The highest BCUT2D eigenvalue weighted by Gasteiger charge is 2.15. The summed E-state index contributed by atoms with van der Waals surface area (Å²) in [6, 6.07) is 3.81. The number of likely N-dealkylation sites (N-methyl/N-ethyl adjacent to an activating group) is 1. The molecule has 1 aromatic rings. The second-order valence-corrected chi connectivity index (χ2v) is 5.30. The zero-order chi connectivity index (χ0) is 14.4. The number of hydrogen-bond donors (Lipinski definition) is 1. The van der Waals surface area contributed by atoms with Gasteiger partial charge in [-0.1, -0.05) is 13.3 Å². The molecule has 0 saturated carbocycles. The van der Waals surface area contributed by atoms with Crippen molar-refractivity contribution in [3.8, 4) is 0 Å². The van der Waals surface area contributed by atoms with Crippen molar-refractivity contribution < 1.29 is 4.79 Å². The summed E-state index contributed by atoms with van der Waals surface area (Å²) in [4.78, 5) is 20.8. The quantitative estimate of drug-likeness (QED) is 0.825. The molecule has 0 unspecified atom stereocenters. The second-order valence-electron chi connectivity index (χ2n) is 5.30. The zero-order valence-corrected chi connectivity index (χ0v) is 12.4. The third-order valence-corrected chi connectivity index (χ3v) is 3.66. The van der Waals surface area contributed by atoms with E-state index in [1.54, 1.807) is 6.20 Å². The number of amides is 1. The standard InChI is InChI=1S/C15H24N4O/c1-3-4-7-16-15(20)14-6-5-13(12-17-14)19-10-8-18(2)9-11-19/h5-6,12H,3-4,7-11H2,1-2H3,(H,16,20). The van der Waals surface area contributed by atoms with Crippen LogP contribution in [-0.4, -0.2) is 55.6 Å². The molecule has 1 fully saturated rings. The normalized spacial score (nSPS) is 16.2. The molecule has 2 rings (SSSR count). The van der Waals surface area contributed by atoms with Gasteiger partial charge in [-0.15, -0.1) is 0 Å². The Hall–Kier alpha value is -1.62. The van der Waals surface area contributed by atoms with E-state index in [0.29, 0.717) is 5.69 Å². The molecule has 1 aliphatic heterocycles. The van der Waals surface area contributed by atoms with Crippen LogP contribution in [0, 0.1) is 0 Å². The Kier molecular flexibility index (Phi) is 5.35. The number of nitrogens with zero attached hydrogens (tertiary/aromatic N) is 3. The summed E-state index contributed by atoms with van der Waals surface area (Å²) in [6.45, 7) is 6.99. The fourth-order valence-corrected chi connectivity index (χ4v) is 2.24. The first-order chi connectivity index (χ1) is 9.70. The van der Waals surface area contributed by atoms with Crippen LogP contribution in [0.2, 0.25) is 0 Å². The van der Waals surface area contributed by atoms with E-state index in [1.165, 1.54) is 0 Å². The van der Waals surface area contributed by atoms with Crippen LogP contribution >= 0.6 is 0 Å². The van der Waals surface area contributed by atoms with Gasteiger partial charge in [-0.3, -0.25) is 4.79 Å². The number of piperazine rings is 1. The third-order valence-electron chi connectivity index (χ3n) is 3.66. The molecule has 0 aromatic carbocycles. The average molecular weight is 276 g/mol. The van der Waals surface area contributed by atoms with Crippen LogP contribution in [0.5, 0.6) is 0 Å². The number of aromatic nitrogens is 1. The number of unbranched alkanes of at least 4 members (excludes halogenated alkanes) is 1. The van der Waals surface area contributed by atoms with Gasteiger partial charge >= 0.3 is 0 Å². The van der Waals surface area contributed by atoms with Gasteiger partial charge in [0.25, 0.3) is 5.91 Å². The van der Waals surface area contributed by atoms with E-state index in [9.17, 15) is 4.79 Å². The van der Waals surface area contributed by atoms with E-state index in [4.69, 9.17) is 0 Å². The largest absolute Gasteiger partial charge is 0.368 e. The van der Waals surface area contributed by atoms with Crippen LogP contribution in [0.3, 0.4) is 0 Å². The molecule has 110 valence electrons. The Balaban J connectivity index is 1.90. The summed E-state index contributed by atoms with van der Waals surface area (Å²) in [7, 11) is 2.14. The molecule has 1 aliphatic rings. The fourth-order valence-electron chi connectivity index (χ4n) is 2.24. The first kappa shape index (κ1) is 14.8. The lowest BCUT2D eigenvalue weighted by Crippen LogP contribution is -2.44. The summed E-state index contributed by atoms with van der Waals surface area (Å²) in [5, 5.41) is 2.88. The highest BCUT2D eigenvalue weighted by atomic mass is 16.1. The van der Waals surface area contributed by atoms with Gasteiger partial charge in [0.1, 0.15) is 5.69 Å². The van der Waals surface area contributed by atoms with Gasteiger partial charge in [0.15, 0.2) is 0 Å². The van der Waals surface area contributed by atoms with Gasteiger partial charge in [0.05, 0.1) is 11.9 Å². The SMILES string of the molecule is CCCCNC(=O)c1ccc(N2CCN(C)CC2)cn1. The summed E-state index contributed by atoms with van der Waals surface area (Å²) in [6.07, 6.45) is 3.89. The Morgan fingerprint density at radius 3 is 2.65 bits per heavy atom. The summed E-state index contributed by atoms with van der Waals surface area (Å²) in [5.41, 5.74) is 1.60. The minimum Gasteiger partial charge on any atom is -0.368 e. The predicted molar refractivity (Wildman–Crippen MR) is 81.2 cm³/mol. The Morgan fingerprint density at radius 1 is 1.30 bits per heavy atom. The molecular weight excluding hydrogens is 252 g/mol. The average Bonchev–Trinajstić information content (AvgIpc) is 2.48. The maximum Gasteiger partial charge on any atom is 0.269 e. The summed E-state index contributed by atoms with van der Waals surface area (Å²) < 4.78 is 0. The molecule has 0 aliphatic carbocycles. The minimum absolute atomic E-state index is 0.0802. The van der Waals surface area contributed by atoms with E-state index in [2.05, 4.69) is 34.1 Å². The Labute approximate surface area is 121 Å². The van der Waals surface area contributed by atoms with Crippen molar-refractivity contribution in [2.24, 2.45) is 0 Å². The van der Waals surface area contributed by atoms with E-state index < -0.39 is 0 Å². The Morgan fingerprint density at radius 2 is 2.05 bits per heavy atom. The van der Waals surface area contributed by atoms with Crippen LogP contribution < -0.4 is 10.2 Å². The number of carbonyl (C=O) groups is 1. The number of anilines is 1. The lowest BCUT2D eigenvalue weighted by molar-refractivity contribution is 0.0948. The van der Waals surface area contributed by atoms with Crippen molar-refractivity contribution in [2.75, 3.05) is 44.7 Å². The number of hydrogen-bond acceptors (Lipinski definition) is 4. The van der Waals surface area contributed by atoms with Gasteiger partial charge in [-0.2, -0.15) is 0 Å². The van der Waals surface area contributed by atoms with E-state index in [1.807, 2.05) is 12.1 Å². The van der Waals surface area contributed by atoms with Gasteiger partial charge in [-0.05, 0) is 25.6 Å². The minimum atomic E-state index is -0.0802. The molecule has 0 atom stereocenters. The molecule has 1 saturated heterocycles. The number of rotatable bonds is 5. The van der Waals surface area contributed by atoms with Crippen molar-refractivity contribution in [1.82, 2.24) is 15.2 Å². The summed E-state index contributed by atoms with van der Waals surface area (Å²) in [5.74, 6) is -0.0802. The van der Waals surface area contributed by atoms with Crippen LogP contribution in [0.15, 0.2) is 18.3 Å². The lowest BCUT2D eigenvalue weighted by atomic mass is 10.2. The van der Waals surface area contributed by atoms with Crippen molar-refractivity contribution in [3.05, 3.63) is 24.0 Å². The molecule has 2 heterocycles. The monoisotopic (exact) mass is 276 g/mol. The van der Waals surface area contributed by atoms with E-state index in [0.717, 1.165) is 51.3 Å². The molecule has 0 bridgehead atoms. The van der Waals surface area contributed by atoms with Crippen molar-refractivity contribution in [1.29, 1.82) is 0 Å². The molecule has 0 spiro atoms. The van der Waals surface area contributed by atoms with E-state index in [-0.39, 0.29) is 5.91 Å². The van der Waals surface area contributed by atoms with Crippen LogP contribution in [-0.2, 0) is 0 Å². The third kappa shape index (κ3) is 3.93. The van der Waals surface area contributed by atoms with Gasteiger partial charge in [0, 0.05) is 32.7 Å². The van der Waals surface area contributed by atoms with Crippen molar-refractivity contribution in [2.45, 2.75) is 19.8 Å². The topological polar surface area (TPSA) is 48.5 Å². The maximum atomic E-state index is 11.9. The molecule has 0 radical (unpaired) electrons. The van der Waals surface area contributed by atoms with E-state index >= 15 is 0 Å². The Bertz CT molecular complexity index is 424. The first-order valence-electron chi connectivity index (χ1n) is 7.38.